The lowest BCUT2D eigenvalue weighted by Crippen LogP contribution is -2.25. The molecule has 1 aromatic heterocycles. The number of nitrogens with zero attached hydrogens (tertiary/aromatic N) is 2. The second kappa shape index (κ2) is 6.91. The Bertz CT molecular complexity index is 994. The molecule has 0 aliphatic carbocycles. The van der Waals surface area contributed by atoms with Crippen LogP contribution in [-0.2, 0) is 0 Å². The molecule has 1 heterocycles. The van der Waals surface area contributed by atoms with E-state index in [0.29, 0.717) is 16.4 Å². The summed E-state index contributed by atoms with van der Waals surface area (Å²) < 4.78 is 1.47. The Morgan fingerprint density at radius 1 is 1.08 bits per heavy atom. The highest BCUT2D eigenvalue weighted by molar-refractivity contribution is 6.30. The summed E-state index contributed by atoms with van der Waals surface area (Å²) in [5.41, 5.74) is 2.76. The largest absolute Gasteiger partial charge is 0.320 e. The third-order valence-electron chi connectivity index (χ3n) is 3.74. The van der Waals surface area contributed by atoms with E-state index in [2.05, 4.69) is 10.4 Å². The lowest BCUT2D eigenvalue weighted by molar-refractivity contribution is 0.101. The van der Waals surface area contributed by atoms with E-state index < -0.39 is 11.3 Å². The number of rotatable bonds is 3. The summed E-state index contributed by atoms with van der Waals surface area (Å²) in [6.45, 7) is 3.87. The molecular weight excluding hydrogens is 338 g/mol. The van der Waals surface area contributed by atoms with Gasteiger partial charge in [-0.2, -0.15) is 5.10 Å². The van der Waals surface area contributed by atoms with Gasteiger partial charge < -0.3 is 5.32 Å². The highest BCUT2D eigenvalue weighted by Crippen LogP contribution is 2.16. The molecule has 25 heavy (non-hydrogen) atoms. The molecule has 0 bridgehead atoms. The lowest BCUT2D eigenvalue weighted by atomic mass is 10.1. The highest BCUT2D eigenvalue weighted by atomic mass is 35.5. The summed E-state index contributed by atoms with van der Waals surface area (Å²) >= 11 is 5.88. The molecule has 2 aromatic carbocycles. The second-order valence-electron chi connectivity index (χ2n) is 5.72. The Labute approximate surface area is 149 Å². The van der Waals surface area contributed by atoms with Crippen LogP contribution in [-0.4, -0.2) is 15.7 Å². The number of hydrogen-bond donors (Lipinski definition) is 1. The fourth-order valence-corrected chi connectivity index (χ4v) is 2.56. The van der Waals surface area contributed by atoms with Gasteiger partial charge in [-0.1, -0.05) is 29.3 Å². The average Bonchev–Trinajstić information content (AvgIpc) is 2.58. The molecule has 0 fully saturated rings. The summed E-state index contributed by atoms with van der Waals surface area (Å²) in [5, 5.41) is 7.51. The fraction of sp³-hybridized carbons (Fsp3) is 0.105. The highest BCUT2D eigenvalue weighted by Gasteiger charge is 2.14. The summed E-state index contributed by atoms with van der Waals surface area (Å²) in [4.78, 5) is 24.6. The normalized spacial score (nSPS) is 10.5. The lowest BCUT2D eigenvalue weighted by Gasteiger charge is -2.10. The quantitative estimate of drug-likeness (QED) is 0.779. The van der Waals surface area contributed by atoms with Gasteiger partial charge in [0.05, 0.1) is 5.69 Å². The van der Waals surface area contributed by atoms with Gasteiger partial charge in [-0.3, -0.25) is 9.59 Å². The number of anilines is 1. The van der Waals surface area contributed by atoms with E-state index in [4.69, 9.17) is 11.6 Å². The van der Waals surface area contributed by atoms with E-state index in [1.165, 1.54) is 16.9 Å². The molecule has 0 unspecified atom stereocenters. The molecule has 0 aliphatic heterocycles. The van der Waals surface area contributed by atoms with Gasteiger partial charge in [0.1, 0.15) is 0 Å². The maximum absolute atomic E-state index is 12.5. The van der Waals surface area contributed by atoms with Gasteiger partial charge in [-0.25, -0.2) is 4.68 Å². The maximum Gasteiger partial charge on any atom is 0.280 e. The van der Waals surface area contributed by atoms with Gasteiger partial charge in [0.25, 0.3) is 5.91 Å². The van der Waals surface area contributed by atoms with Crippen molar-refractivity contribution in [3.8, 4) is 5.69 Å². The van der Waals surface area contributed by atoms with E-state index in [-0.39, 0.29) is 5.69 Å². The van der Waals surface area contributed by atoms with Gasteiger partial charge in [-0.15, -0.1) is 0 Å². The minimum atomic E-state index is -0.541. The first-order chi connectivity index (χ1) is 11.9. The number of hydrogen-bond acceptors (Lipinski definition) is 3. The predicted molar refractivity (Wildman–Crippen MR) is 98.7 cm³/mol. The summed E-state index contributed by atoms with van der Waals surface area (Å²) in [6.07, 6.45) is 1.51. The molecule has 1 amide bonds. The molecule has 126 valence electrons. The van der Waals surface area contributed by atoms with Crippen molar-refractivity contribution in [3.63, 3.8) is 0 Å². The topological polar surface area (TPSA) is 64.0 Å². The first-order valence-electron chi connectivity index (χ1n) is 7.68. The van der Waals surface area contributed by atoms with Crippen molar-refractivity contribution >= 4 is 23.2 Å². The van der Waals surface area contributed by atoms with Crippen molar-refractivity contribution in [2.45, 2.75) is 13.8 Å². The van der Waals surface area contributed by atoms with Crippen LogP contribution in [0.15, 0.2) is 59.5 Å². The number of carbonyl (C=O) groups excluding carboxylic acids is 1. The zero-order chi connectivity index (χ0) is 18.0. The van der Waals surface area contributed by atoms with E-state index >= 15 is 0 Å². The third-order valence-corrected chi connectivity index (χ3v) is 4.00. The van der Waals surface area contributed by atoms with E-state index in [0.717, 1.165) is 11.1 Å². The third kappa shape index (κ3) is 3.78. The minimum Gasteiger partial charge on any atom is -0.320 e. The molecule has 3 rings (SSSR count). The Morgan fingerprint density at radius 3 is 2.48 bits per heavy atom. The summed E-state index contributed by atoms with van der Waals surface area (Å²) in [5.74, 6) is -0.541. The van der Waals surface area contributed by atoms with Crippen LogP contribution in [0, 0.1) is 13.8 Å². The number of amides is 1. The average molecular weight is 354 g/mol. The predicted octanol–water partition coefficient (Wildman–Crippen LogP) is 3.76. The number of halogens is 1. The number of carbonyl (C=O) groups is 1. The van der Waals surface area contributed by atoms with Gasteiger partial charge in [0, 0.05) is 23.0 Å². The number of aryl methyl sites for hydroxylation is 2. The Hall–Kier alpha value is -2.92. The molecule has 0 saturated carbocycles. The summed E-state index contributed by atoms with van der Waals surface area (Å²) in [6, 6.07) is 13.9. The van der Waals surface area contributed by atoms with Crippen LogP contribution in [0.3, 0.4) is 0 Å². The minimum absolute atomic E-state index is 0.169. The molecule has 0 aliphatic rings. The monoisotopic (exact) mass is 353 g/mol. The van der Waals surface area contributed by atoms with Crippen LogP contribution < -0.4 is 10.7 Å². The number of benzene rings is 2. The maximum atomic E-state index is 12.5. The Balaban J connectivity index is 1.93. The second-order valence-corrected chi connectivity index (χ2v) is 6.16. The fourth-order valence-electron chi connectivity index (χ4n) is 2.44. The first-order valence-corrected chi connectivity index (χ1v) is 8.06. The smallest absolute Gasteiger partial charge is 0.280 e. The van der Waals surface area contributed by atoms with Crippen LogP contribution in [0.4, 0.5) is 5.69 Å². The van der Waals surface area contributed by atoms with Crippen molar-refractivity contribution in [3.05, 3.63) is 86.8 Å². The van der Waals surface area contributed by atoms with Crippen LogP contribution in [0.5, 0.6) is 0 Å². The zero-order valence-electron chi connectivity index (χ0n) is 13.8. The van der Waals surface area contributed by atoms with Crippen molar-refractivity contribution in [1.82, 2.24) is 9.78 Å². The molecule has 3 aromatic rings. The molecule has 0 radical (unpaired) electrons. The van der Waals surface area contributed by atoms with Crippen molar-refractivity contribution in [2.24, 2.45) is 0 Å². The van der Waals surface area contributed by atoms with Crippen molar-refractivity contribution in [1.29, 1.82) is 0 Å². The van der Waals surface area contributed by atoms with Crippen molar-refractivity contribution in [2.75, 3.05) is 5.32 Å². The SMILES string of the molecule is Cc1ccc(NC(=O)c2nn(-c3ccc(Cl)cc3)ccc2=O)c(C)c1. The Morgan fingerprint density at radius 2 is 1.80 bits per heavy atom. The first kappa shape index (κ1) is 16.9. The number of aromatic nitrogens is 2. The van der Waals surface area contributed by atoms with Crippen molar-refractivity contribution < 1.29 is 4.79 Å². The molecule has 0 spiro atoms. The van der Waals surface area contributed by atoms with E-state index in [1.54, 1.807) is 24.3 Å². The molecule has 5 nitrogen and oxygen atoms in total. The molecular formula is C19H16ClN3O2. The van der Waals surface area contributed by atoms with Crippen LogP contribution >= 0.6 is 11.6 Å². The van der Waals surface area contributed by atoms with Gasteiger partial charge >= 0.3 is 0 Å². The van der Waals surface area contributed by atoms with Gasteiger partial charge in [0.15, 0.2) is 5.69 Å². The molecule has 6 heteroatoms. The molecule has 1 N–H and O–H groups in total. The van der Waals surface area contributed by atoms with E-state index in [9.17, 15) is 9.59 Å². The van der Waals surface area contributed by atoms with Crippen LogP contribution in [0.1, 0.15) is 21.6 Å². The van der Waals surface area contributed by atoms with Gasteiger partial charge in [0.2, 0.25) is 5.43 Å². The van der Waals surface area contributed by atoms with Crippen LogP contribution in [0.2, 0.25) is 5.02 Å². The standard InChI is InChI=1S/C19H16ClN3O2/c1-12-3-8-16(13(2)11-12)21-19(25)18-17(24)9-10-23(22-18)15-6-4-14(20)5-7-15/h3-11H,1-2H3,(H,21,25). The summed E-state index contributed by atoms with van der Waals surface area (Å²) in [7, 11) is 0. The Kier molecular flexibility index (Phi) is 4.67. The van der Waals surface area contributed by atoms with Crippen LogP contribution in [0.25, 0.3) is 5.69 Å². The number of nitrogens with one attached hydrogen (secondary N) is 1. The zero-order valence-corrected chi connectivity index (χ0v) is 14.5. The van der Waals surface area contributed by atoms with Gasteiger partial charge in [-0.05, 0) is 49.7 Å². The van der Waals surface area contributed by atoms with E-state index in [1.807, 2.05) is 32.0 Å². The molecule has 0 atom stereocenters. The molecule has 0 saturated heterocycles.